The molecule has 1 saturated heterocycles. The molecule has 1 aliphatic carbocycles. The summed E-state index contributed by atoms with van der Waals surface area (Å²) in [6, 6.07) is 7.18. The van der Waals surface area contributed by atoms with Crippen LogP contribution < -0.4 is 11.1 Å². The summed E-state index contributed by atoms with van der Waals surface area (Å²) in [5.74, 6) is 0.774. The summed E-state index contributed by atoms with van der Waals surface area (Å²) in [7, 11) is 0. The summed E-state index contributed by atoms with van der Waals surface area (Å²) >= 11 is 0. The van der Waals surface area contributed by atoms with Gasteiger partial charge in [0, 0.05) is 6.04 Å². The van der Waals surface area contributed by atoms with Gasteiger partial charge in [-0.25, -0.2) is 0 Å². The van der Waals surface area contributed by atoms with Crippen LogP contribution in [0.4, 0.5) is 0 Å². The summed E-state index contributed by atoms with van der Waals surface area (Å²) in [6.07, 6.45) is 7.63. The van der Waals surface area contributed by atoms with Crippen molar-refractivity contribution >= 4 is 0 Å². The Kier molecular flexibility index (Phi) is 3.67. The normalized spacial score (nSPS) is 24.8. The van der Waals surface area contributed by atoms with Gasteiger partial charge in [-0.1, -0.05) is 18.2 Å². The number of aryl methyl sites for hydroxylation is 2. The van der Waals surface area contributed by atoms with E-state index in [1.54, 1.807) is 11.1 Å². The zero-order valence-electron chi connectivity index (χ0n) is 11.1. The van der Waals surface area contributed by atoms with Crippen LogP contribution in [0.3, 0.4) is 0 Å². The van der Waals surface area contributed by atoms with E-state index < -0.39 is 0 Å². The molecule has 2 nitrogen and oxygen atoms in total. The van der Waals surface area contributed by atoms with E-state index in [1.165, 1.54) is 44.2 Å². The summed E-state index contributed by atoms with van der Waals surface area (Å²) < 4.78 is 0. The van der Waals surface area contributed by atoms with E-state index in [-0.39, 0.29) is 6.04 Å². The van der Waals surface area contributed by atoms with Crippen molar-refractivity contribution < 1.29 is 0 Å². The van der Waals surface area contributed by atoms with Crippen LogP contribution in [-0.4, -0.2) is 13.1 Å². The van der Waals surface area contributed by atoms with E-state index >= 15 is 0 Å². The summed E-state index contributed by atoms with van der Waals surface area (Å²) in [4.78, 5) is 0. The molecular weight excluding hydrogens is 220 g/mol. The molecule has 0 saturated carbocycles. The molecule has 1 aromatic rings. The highest BCUT2D eigenvalue weighted by Gasteiger charge is 2.19. The Labute approximate surface area is 110 Å². The molecule has 1 heterocycles. The Morgan fingerprint density at radius 1 is 1.22 bits per heavy atom. The highest BCUT2D eigenvalue weighted by molar-refractivity contribution is 5.35. The van der Waals surface area contributed by atoms with Gasteiger partial charge in [-0.05, 0) is 74.2 Å². The van der Waals surface area contributed by atoms with Crippen molar-refractivity contribution in [1.29, 1.82) is 0 Å². The Morgan fingerprint density at radius 2 is 2.06 bits per heavy atom. The average molecular weight is 244 g/mol. The van der Waals surface area contributed by atoms with Gasteiger partial charge in [0.25, 0.3) is 0 Å². The molecule has 2 heteroatoms. The first-order chi connectivity index (χ1) is 8.83. The Balaban J connectivity index is 1.70. The minimum atomic E-state index is 0.224. The van der Waals surface area contributed by atoms with Crippen LogP contribution in [0.1, 0.15) is 48.4 Å². The Morgan fingerprint density at radius 3 is 2.83 bits per heavy atom. The Hall–Kier alpha value is -0.860. The lowest BCUT2D eigenvalue weighted by atomic mass is 9.87. The van der Waals surface area contributed by atoms with Crippen LogP contribution in [0.2, 0.25) is 0 Å². The van der Waals surface area contributed by atoms with E-state index in [0.717, 1.165) is 18.9 Å². The van der Waals surface area contributed by atoms with Crippen LogP contribution in [0.25, 0.3) is 0 Å². The molecule has 0 radical (unpaired) electrons. The van der Waals surface area contributed by atoms with E-state index in [9.17, 15) is 0 Å². The lowest BCUT2D eigenvalue weighted by molar-refractivity contribution is 0.472. The van der Waals surface area contributed by atoms with Crippen molar-refractivity contribution in [2.45, 2.75) is 44.6 Å². The summed E-state index contributed by atoms with van der Waals surface area (Å²) in [5, 5.41) is 3.42. The molecule has 1 fully saturated rings. The molecule has 1 aliphatic heterocycles. The molecule has 1 aromatic carbocycles. The molecular formula is C16H24N2. The zero-order chi connectivity index (χ0) is 12.4. The highest BCUT2D eigenvalue weighted by atomic mass is 14.9. The van der Waals surface area contributed by atoms with Gasteiger partial charge in [-0.15, -0.1) is 0 Å². The van der Waals surface area contributed by atoms with Gasteiger partial charge in [0.05, 0.1) is 0 Å². The fraction of sp³-hybridized carbons (Fsp3) is 0.625. The van der Waals surface area contributed by atoms with Gasteiger partial charge in [0.2, 0.25) is 0 Å². The van der Waals surface area contributed by atoms with Gasteiger partial charge in [0.15, 0.2) is 0 Å². The maximum atomic E-state index is 6.38. The van der Waals surface area contributed by atoms with Crippen molar-refractivity contribution in [3.8, 4) is 0 Å². The first kappa shape index (κ1) is 12.2. The minimum Gasteiger partial charge on any atom is -0.324 e. The van der Waals surface area contributed by atoms with Crippen LogP contribution in [-0.2, 0) is 12.8 Å². The molecule has 3 rings (SSSR count). The third-order valence-electron chi connectivity index (χ3n) is 4.55. The van der Waals surface area contributed by atoms with Crippen LogP contribution >= 0.6 is 0 Å². The quantitative estimate of drug-likeness (QED) is 0.857. The third kappa shape index (κ3) is 2.60. The van der Waals surface area contributed by atoms with Gasteiger partial charge in [0.1, 0.15) is 0 Å². The molecule has 0 bridgehead atoms. The standard InChI is InChI=1S/C16H24N2/c17-16(9-12-7-8-18-11-12)15-6-5-13-3-1-2-4-14(13)10-15/h5-6,10,12,16,18H,1-4,7-9,11,17H2. The highest BCUT2D eigenvalue weighted by Crippen LogP contribution is 2.27. The van der Waals surface area contributed by atoms with Crippen molar-refractivity contribution in [2.24, 2.45) is 11.7 Å². The van der Waals surface area contributed by atoms with E-state index in [1.807, 2.05) is 0 Å². The second-order valence-electron chi connectivity index (χ2n) is 5.94. The number of rotatable bonds is 3. The SMILES string of the molecule is NC(CC1CCNC1)c1ccc2c(c1)CCCC2. The number of hydrogen-bond acceptors (Lipinski definition) is 2. The first-order valence-electron chi connectivity index (χ1n) is 7.41. The van der Waals surface area contributed by atoms with Crippen molar-refractivity contribution in [3.63, 3.8) is 0 Å². The van der Waals surface area contributed by atoms with E-state index in [2.05, 4.69) is 23.5 Å². The second-order valence-corrected chi connectivity index (χ2v) is 5.94. The molecule has 0 aromatic heterocycles. The largest absolute Gasteiger partial charge is 0.324 e. The summed E-state index contributed by atoms with van der Waals surface area (Å²) in [6.45, 7) is 2.32. The maximum absolute atomic E-state index is 6.38. The fourth-order valence-electron chi connectivity index (χ4n) is 3.39. The fourth-order valence-corrected chi connectivity index (χ4v) is 3.39. The number of nitrogens with one attached hydrogen (secondary N) is 1. The zero-order valence-corrected chi connectivity index (χ0v) is 11.1. The molecule has 3 N–H and O–H groups in total. The lowest BCUT2D eigenvalue weighted by Gasteiger charge is -2.20. The topological polar surface area (TPSA) is 38.0 Å². The van der Waals surface area contributed by atoms with Gasteiger partial charge < -0.3 is 11.1 Å². The average Bonchev–Trinajstić information content (AvgIpc) is 2.91. The number of nitrogens with two attached hydrogens (primary N) is 1. The summed E-state index contributed by atoms with van der Waals surface area (Å²) in [5.41, 5.74) is 10.8. The van der Waals surface area contributed by atoms with Crippen LogP contribution in [0.15, 0.2) is 18.2 Å². The number of fused-ring (bicyclic) bond motifs is 1. The van der Waals surface area contributed by atoms with Gasteiger partial charge in [-0.2, -0.15) is 0 Å². The van der Waals surface area contributed by atoms with Gasteiger partial charge in [-0.3, -0.25) is 0 Å². The third-order valence-corrected chi connectivity index (χ3v) is 4.55. The van der Waals surface area contributed by atoms with Crippen molar-refractivity contribution in [1.82, 2.24) is 5.32 Å². The maximum Gasteiger partial charge on any atom is 0.0298 e. The second kappa shape index (κ2) is 5.41. The minimum absolute atomic E-state index is 0.224. The molecule has 2 atom stereocenters. The predicted octanol–water partition coefficient (Wildman–Crippen LogP) is 2.56. The van der Waals surface area contributed by atoms with Crippen LogP contribution in [0.5, 0.6) is 0 Å². The Bertz CT molecular complexity index is 408. The lowest BCUT2D eigenvalue weighted by Crippen LogP contribution is -2.18. The molecule has 0 spiro atoms. The number of benzene rings is 1. The van der Waals surface area contributed by atoms with Crippen LogP contribution in [0, 0.1) is 5.92 Å². The first-order valence-corrected chi connectivity index (χ1v) is 7.41. The van der Waals surface area contributed by atoms with Gasteiger partial charge >= 0.3 is 0 Å². The number of hydrogen-bond donors (Lipinski definition) is 2. The molecule has 98 valence electrons. The molecule has 2 aliphatic rings. The molecule has 2 unspecified atom stereocenters. The smallest absolute Gasteiger partial charge is 0.0298 e. The van der Waals surface area contributed by atoms with Crippen molar-refractivity contribution in [3.05, 3.63) is 34.9 Å². The predicted molar refractivity (Wildman–Crippen MR) is 75.6 cm³/mol. The van der Waals surface area contributed by atoms with Crippen molar-refractivity contribution in [2.75, 3.05) is 13.1 Å². The van der Waals surface area contributed by atoms with E-state index in [0.29, 0.717) is 0 Å². The molecule has 18 heavy (non-hydrogen) atoms. The molecule has 0 amide bonds. The monoisotopic (exact) mass is 244 g/mol. The van der Waals surface area contributed by atoms with E-state index in [4.69, 9.17) is 5.73 Å².